The number of unbranched alkanes of at least 4 members (excludes halogenated alkanes) is 1. The Bertz CT molecular complexity index is 834. The minimum absolute atomic E-state index is 0. The van der Waals surface area contributed by atoms with Crippen molar-refractivity contribution >= 4 is 29.8 Å². The SMILES string of the molecule is Cl.c1ccc(-c2ccsc2-c2nnc(NCCCCN3CCOCC3)o2)cc1. The van der Waals surface area contributed by atoms with Crippen molar-refractivity contribution in [3.8, 4) is 21.9 Å². The second-order valence-electron chi connectivity index (χ2n) is 6.53. The van der Waals surface area contributed by atoms with Crippen LogP contribution < -0.4 is 5.32 Å². The average Bonchev–Trinajstić information content (AvgIpc) is 3.38. The Labute approximate surface area is 175 Å². The largest absolute Gasteiger partial charge is 0.402 e. The fourth-order valence-electron chi connectivity index (χ4n) is 3.19. The smallest absolute Gasteiger partial charge is 0.315 e. The van der Waals surface area contributed by atoms with E-state index in [1.807, 2.05) is 18.2 Å². The zero-order chi connectivity index (χ0) is 18.3. The van der Waals surface area contributed by atoms with E-state index < -0.39 is 0 Å². The van der Waals surface area contributed by atoms with E-state index in [0.717, 1.165) is 68.2 Å². The standard InChI is InChI=1S/C20H24N4O2S.ClH/c1-2-6-16(7-3-1)17-8-15-27-18(17)19-22-23-20(26-19)21-9-4-5-10-24-11-13-25-14-12-24;/h1-3,6-8,15H,4-5,9-14H2,(H,21,23);1H. The molecule has 1 aliphatic heterocycles. The minimum atomic E-state index is 0. The van der Waals surface area contributed by atoms with E-state index in [2.05, 4.69) is 44.0 Å². The third-order valence-electron chi connectivity index (χ3n) is 4.65. The van der Waals surface area contributed by atoms with Crippen molar-refractivity contribution in [2.24, 2.45) is 0 Å². The lowest BCUT2D eigenvalue weighted by molar-refractivity contribution is 0.0373. The third-order valence-corrected chi connectivity index (χ3v) is 5.55. The second kappa shape index (κ2) is 10.6. The zero-order valence-corrected chi connectivity index (χ0v) is 17.3. The Morgan fingerprint density at radius 2 is 1.86 bits per heavy atom. The molecule has 28 heavy (non-hydrogen) atoms. The van der Waals surface area contributed by atoms with Gasteiger partial charge in [-0.1, -0.05) is 35.4 Å². The van der Waals surface area contributed by atoms with Gasteiger partial charge >= 0.3 is 6.01 Å². The number of nitrogens with zero attached hydrogens (tertiary/aromatic N) is 3. The van der Waals surface area contributed by atoms with Crippen molar-refractivity contribution < 1.29 is 9.15 Å². The van der Waals surface area contributed by atoms with Gasteiger partial charge in [-0.2, -0.15) is 0 Å². The summed E-state index contributed by atoms with van der Waals surface area (Å²) in [5.41, 5.74) is 2.28. The van der Waals surface area contributed by atoms with Gasteiger partial charge in [-0.15, -0.1) is 28.8 Å². The lowest BCUT2D eigenvalue weighted by Crippen LogP contribution is -2.36. The number of thiophene rings is 1. The maximum Gasteiger partial charge on any atom is 0.315 e. The Kier molecular flexibility index (Phi) is 7.85. The fourth-order valence-corrected chi connectivity index (χ4v) is 4.02. The number of aromatic nitrogens is 2. The molecule has 2 aromatic heterocycles. The van der Waals surface area contributed by atoms with Crippen LogP contribution in [0.4, 0.5) is 6.01 Å². The van der Waals surface area contributed by atoms with Crippen LogP contribution in [0.15, 0.2) is 46.2 Å². The van der Waals surface area contributed by atoms with Crippen molar-refractivity contribution in [1.29, 1.82) is 0 Å². The maximum atomic E-state index is 5.84. The van der Waals surface area contributed by atoms with E-state index in [9.17, 15) is 0 Å². The maximum absolute atomic E-state index is 5.84. The molecule has 6 nitrogen and oxygen atoms in total. The topological polar surface area (TPSA) is 63.4 Å². The molecule has 8 heteroatoms. The number of halogens is 1. The van der Waals surface area contributed by atoms with Gasteiger partial charge in [0.1, 0.15) is 0 Å². The van der Waals surface area contributed by atoms with Gasteiger partial charge in [-0.05, 0) is 36.4 Å². The molecule has 0 spiro atoms. The summed E-state index contributed by atoms with van der Waals surface area (Å²) in [5, 5.41) is 13.7. The van der Waals surface area contributed by atoms with Gasteiger partial charge < -0.3 is 14.5 Å². The Morgan fingerprint density at radius 3 is 2.68 bits per heavy atom. The summed E-state index contributed by atoms with van der Waals surface area (Å²) < 4.78 is 11.2. The second-order valence-corrected chi connectivity index (χ2v) is 7.45. The number of rotatable bonds is 8. The summed E-state index contributed by atoms with van der Waals surface area (Å²) in [6.07, 6.45) is 2.22. The van der Waals surface area contributed by atoms with Crippen molar-refractivity contribution in [2.45, 2.75) is 12.8 Å². The highest BCUT2D eigenvalue weighted by atomic mass is 35.5. The normalized spacial score (nSPS) is 14.6. The number of morpholine rings is 1. The van der Waals surface area contributed by atoms with E-state index >= 15 is 0 Å². The molecule has 1 fully saturated rings. The van der Waals surface area contributed by atoms with Crippen molar-refractivity contribution in [3.05, 3.63) is 41.8 Å². The molecule has 1 aliphatic rings. The van der Waals surface area contributed by atoms with Crippen LogP contribution in [0.1, 0.15) is 12.8 Å². The summed E-state index contributed by atoms with van der Waals surface area (Å²) in [5.74, 6) is 0.569. The third kappa shape index (κ3) is 5.32. The number of benzene rings is 1. The first-order valence-electron chi connectivity index (χ1n) is 9.41. The van der Waals surface area contributed by atoms with Gasteiger partial charge in [0.15, 0.2) is 0 Å². The Balaban J connectivity index is 0.00000225. The lowest BCUT2D eigenvalue weighted by Gasteiger charge is -2.26. The molecular formula is C20H25ClN4O2S. The van der Waals surface area contributed by atoms with Gasteiger partial charge in [-0.25, -0.2) is 0 Å². The van der Waals surface area contributed by atoms with Gasteiger partial charge in [0.2, 0.25) is 0 Å². The van der Waals surface area contributed by atoms with Crippen LogP contribution in [0.2, 0.25) is 0 Å². The molecule has 1 N–H and O–H groups in total. The first-order valence-corrected chi connectivity index (χ1v) is 10.3. The number of anilines is 1. The quantitative estimate of drug-likeness (QED) is 0.544. The Morgan fingerprint density at radius 1 is 1.04 bits per heavy atom. The molecule has 1 aromatic carbocycles. The van der Waals surface area contributed by atoms with E-state index in [4.69, 9.17) is 9.15 Å². The number of hydrogen-bond acceptors (Lipinski definition) is 7. The average molecular weight is 421 g/mol. The van der Waals surface area contributed by atoms with Crippen molar-refractivity contribution in [2.75, 3.05) is 44.7 Å². The molecule has 1 saturated heterocycles. The molecule has 0 atom stereocenters. The monoisotopic (exact) mass is 420 g/mol. The summed E-state index contributed by atoms with van der Waals surface area (Å²) in [7, 11) is 0. The van der Waals surface area contributed by atoms with Gasteiger partial charge in [-0.3, -0.25) is 4.90 Å². The summed E-state index contributed by atoms with van der Waals surface area (Å²) in [6, 6.07) is 12.9. The van der Waals surface area contributed by atoms with Crippen LogP contribution in [-0.4, -0.2) is 54.5 Å². The van der Waals surface area contributed by atoms with E-state index in [1.54, 1.807) is 11.3 Å². The van der Waals surface area contributed by atoms with Gasteiger partial charge in [0.05, 0.1) is 18.1 Å². The van der Waals surface area contributed by atoms with E-state index in [1.165, 1.54) is 0 Å². The molecule has 150 valence electrons. The van der Waals surface area contributed by atoms with Crippen LogP contribution >= 0.6 is 23.7 Å². The summed E-state index contributed by atoms with van der Waals surface area (Å²) in [6.45, 7) is 5.77. The summed E-state index contributed by atoms with van der Waals surface area (Å²) in [4.78, 5) is 3.46. The highest BCUT2D eigenvalue weighted by Gasteiger charge is 2.15. The zero-order valence-electron chi connectivity index (χ0n) is 15.7. The van der Waals surface area contributed by atoms with Crippen LogP contribution in [0.5, 0.6) is 0 Å². The molecule has 3 heterocycles. The number of nitrogens with one attached hydrogen (secondary N) is 1. The molecule has 0 aliphatic carbocycles. The minimum Gasteiger partial charge on any atom is -0.402 e. The molecule has 0 bridgehead atoms. The van der Waals surface area contributed by atoms with Crippen LogP contribution in [-0.2, 0) is 4.74 Å². The first-order chi connectivity index (χ1) is 13.4. The molecule has 4 rings (SSSR count). The lowest BCUT2D eigenvalue weighted by atomic mass is 10.1. The van der Waals surface area contributed by atoms with Crippen LogP contribution in [0, 0.1) is 0 Å². The fraction of sp³-hybridized carbons (Fsp3) is 0.400. The van der Waals surface area contributed by atoms with E-state index in [-0.39, 0.29) is 12.4 Å². The van der Waals surface area contributed by atoms with Crippen LogP contribution in [0.3, 0.4) is 0 Å². The highest BCUT2D eigenvalue weighted by Crippen LogP contribution is 2.36. The highest BCUT2D eigenvalue weighted by molar-refractivity contribution is 7.14. The molecule has 0 amide bonds. The molecule has 0 saturated carbocycles. The number of ether oxygens (including phenoxy) is 1. The summed E-state index contributed by atoms with van der Waals surface area (Å²) >= 11 is 1.62. The van der Waals surface area contributed by atoms with Crippen molar-refractivity contribution in [1.82, 2.24) is 15.1 Å². The van der Waals surface area contributed by atoms with E-state index in [0.29, 0.717) is 11.9 Å². The molecular weight excluding hydrogens is 396 g/mol. The predicted octanol–water partition coefficient (Wildman–Crippen LogP) is 4.41. The van der Waals surface area contributed by atoms with Crippen molar-refractivity contribution in [3.63, 3.8) is 0 Å². The molecule has 0 unspecified atom stereocenters. The van der Waals surface area contributed by atoms with Gasteiger partial charge in [0, 0.05) is 25.2 Å². The Hall–Kier alpha value is -1.93. The first kappa shape index (κ1) is 20.8. The van der Waals surface area contributed by atoms with Gasteiger partial charge in [0.25, 0.3) is 5.89 Å². The molecule has 3 aromatic rings. The molecule has 0 radical (unpaired) electrons. The predicted molar refractivity (Wildman–Crippen MR) is 115 cm³/mol. The van der Waals surface area contributed by atoms with Crippen LogP contribution in [0.25, 0.3) is 21.9 Å². The number of hydrogen-bond donors (Lipinski definition) is 1.